The molecule has 0 radical (unpaired) electrons. The topological polar surface area (TPSA) is 75.9 Å². The molecule has 1 saturated heterocycles. The molecule has 178 valence electrons. The molecule has 35 heavy (non-hydrogen) atoms. The fourth-order valence-electron chi connectivity index (χ4n) is 4.19. The van der Waals surface area contributed by atoms with Crippen LogP contribution in [0.2, 0.25) is 0 Å². The molecule has 0 spiro atoms. The highest BCUT2D eigenvalue weighted by molar-refractivity contribution is 7.99. The first-order valence-electron chi connectivity index (χ1n) is 11.6. The van der Waals surface area contributed by atoms with Gasteiger partial charge in [-0.3, -0.25) is 14.3 Å². The van der Waals surface area contributed by atoms with Gasteiger partial charge < -0.3 is 10.2 Å². The zero-order chi connectivity index (χ0) is 24.0. The van der Waals surface area contributed by atoms with E-state index in [1.807, 2.05) is 47.0 Å². The lowest BCUT2D eigenvalue weighted by molar-refractivity contribution is -0.113. The van der Waals surface area contributed by atoms with Crippen molar-refractivity contribution in [2.75, 3.05) is 29.1 Å². The molecule has 2 aromatic heterocycles. The van der Waals surface area contributed by atoms with Gasteiger partial charge in [-0.25, -0.2) is 4.39 Å². The summed E-state index contributed by atoms with van der Waals surface area (Å²) < 4.78 is 15.9. The van der Waals surface area contributed by atoms with E-state index >= 15 is 0 Å². The van der Waals surface area contributed by atoms with Crippen molar-refractivity contribution in [2.45, 2.75) is 24.4 Å². The molecular formula is C26H25FN6OS. The molecule has 2 aromatic carbocycles. The number of para-hydroxylation sites is 1. The number of hydrogen-bond acceptors (Lipinski definition) is 6. The molecule has 1 aliphatic heterocycles. The lowest BCUT2D eigenvalue weighted by Gasteiger charge is -2.30. The number of pyridine rings is 1. The number of carbonyl (C=O) groups excluding carboxylic acids is 1. The van der Waals surface area contributed by atoms with E-state index in [1.165, 1.54) is 30.3 Å². The van der Waals surface area contributed by atoms with Crippen molar-refractivity contribution >= 4 is 29.0 Å². The number of nitrogens with one attached hydrogen (secondary N) is 1. The summed E-state index contributed by atoms with van der Waals surface area (Å²) in [7, 11) is 0. The van der Waals surface area contributed by atoms with E-state index in [0.717, 1.165) is 42.9 Å². The van der Waals surface area contributed by atoms with Crippen molar-refractivity contribution in [3.63, 3.8) is 0 Å². The standard InChI is InChI=1S/C26H25FN6OS/c27-20-11-12-23(32-14-5-2-6-15-32)22(16-20)29-24(34)18-35-26-31-30-25(19-8-7-13-28-17-19)33(26)21-9-3-1-4-10-21/h1,3-4,7-13,16-17H,2,5-6,14-15,18H2,(H,29,34). The fourth-order valence-corrected chi connectivity index (χ4v) is 4.94. The van der Waals surface area contributed by atoms with Crippen LogP contribution >= 0.6 is 11.8 Å². The minimum atomic E-state index is -0.376. The average Bonchev–Trinajstić information content (AvgIpc) is 3.33. The maximum Gasteiger partial charge on any atom is 0.234 e. The van der Waals surface area contributed by atoms with Gasteiger partial charge in [0.1, 0.15) is 5.82 Å². The molecule has 9 heteroatoms. The molecular weight excluding hydrogens is 463 g/mol. The van der Waals surface area contributed by atoms with Crippen molar-refractivity contribution in [2.24, 2.45) is 0 Å². The third-order valence-corrected chi connectivity index (χ3v) is 6.76. The Kier molecular flexibility index (Phi) is 7.04. The predicted molar refractivity (Wildman–Crippen MR) is 136 cm³/mol. The first-order chi connectivity index (χ1) is 17.2. The summed E-state index contributed by atoms with van der Waals surface area (Å²) in [4.78, 5) is 19.3. The number of anilines is 2. The predicted octanol–water partition coefficient (Wildman–Crippen LogP) is 5.19. The van der Waals surface area contributed by atoms with Crippen molar-refractivity contribution in [1.29, 1.82) is 0 Å². The molecule has 1 amide bonds. The molecule has 4 aromatic rings. The first kappa shape index (κ1) is 23.0. The summed E-state index contributed by atoms with van der Waals surface area (Å²) in [5, 5.41) is 12.2. The number of piperidine rings is 1. The van der Waals surface area contributed by atoms with Crippen LogP contribution in [0.25, 0.3) is 17.1 Å². The molecule has 0 atom stereocenters. The Balaban J connectivity index is 1.36. The van der Waals surface area contributed by atoms with Crippen LogP contribution in [0.3, 0.4) is 0 Å². The number of rotatable bonds is 7. The quantitative estimate of drug-likeness (QED) is 0.361. The Labute approximate surface area is 207 Å². The van der Waals surface area contributed by atoms with Crippen LogP contribution in [0.5, 0.6) is 0 Å². The van der Waals surface area contributed by atoms with Crippen LogP contribution in [0.1, 0.15) is 19.3 Å². The van der Waals surface area contributed by atoms with E-state index < -0.39 is 0 Å². The Morgan fingerprint density at radius 2 is 1.83 bits per heavy atom. The van der Waals surface area contributed by atoms with Gasteiger partial charge in [-0.15, -0.1) is 10.2 Å². The van der Waals surface area contributed by atoms with Gasteiger partial charge in [0.15, 0.2) is 11.0 Å². The molecule has 1 fully saturated rings. The number of carbonyl (C=O) groups is 1. The van der Waals surface area contributed by atoms with Crippen molar-refractivity contribution < 1.29 is 9.18 Å². The summed E-state index contributed by atoms with van der Waals surface area (Å²) in [6, 6.07) is 18.1. The second-order valence-corrected chi connectivity index (χ2v) is 9.21. The lowest BCUT2D eigenvalue weighted by Crippen LogP contribution is -2.30. The van der Waals surface area contributed by atoms with Crippen LogP contribution in [-0.2, 0) is 4.79 Å². The summed E-state index contributed by atoms with van der Waals surface area (Å²) in [5.41, 5.74) is 3.07. The van der Waals surface area contributed by atoms with Crippen molar-refractivity contribution in [1.82, 2.24) is 19.7 Å². The zero-order valence-corrected chi connectivity index (χ0v) is 19.9. The van der Waals surface area contributed by atoms with Crippen LogP contribution in [0.4, 0.5) is 15.8 Å². The van der Waals surface area contributed by atoms with Crippen molar-refractivity contribution in [3.8, 4) is 17.1 Å². The number of thioether (sulfide) groups is 1. The van der Waals surface area contributed by atoms with Gasteiger partial charge >= 0.3 is 0 Å². The average molecular weight is 489 g/mol. The molecule has 7 nitrogen and oxygen atoms in total. The normalized spacial score (nSPS) is 13.6. The van der Waals surface area contributed by atoms with Crippen LogP contribution in [0.15, 0.2) is 78.2 Å². The van der Waals surface area contributed by atoms with Crippen LogP contribution in [-0.4, -0.2) is 44.5 Å². The van der Waals surface area contributed by atoms with Gasteiger partial charge in [0, 0.05) is 36.7 Å². The summed E-state index contributed by atoms with van der Waals surface area (Å²) in [6.07, 6.45) is 6.82. The number of hydrogen-bond donors (Lipinski definition) is 1. The first-order valence-corrected chi connectivity index (χ1v) is 12.6. The number of halogens is 1. The van der Waals surface area contributed by atoms with E-state index in [9.17, 15) is 9.18 Å². The van der Waals surface area contributed by atoms with Gasteiger partial charge in [-0.1, -0.05) is 30.0 Å². The Morgan fingerprint density at radius 3 is 2.60 bits per heavy atom. The van der Waals surface area contributed by atoms with E-state index in [0.29, 0.717) is 16.7 Å². The van der Waals surface area contributed by atoms with E-state index in [2.05, 4.69) is 25.4 Å². The van der Waals surface area contributed by atoms with E-state index in [4.69, 9.17) is 0 Å². The molecule has 3 heterocycles. The largest absolute Gasteiger partial charge is 0.370 e. The maximum absolute atomic E-state index is 14.0. The van der Waals surface area contributed by atoms with Crippen LogP contribution in [0, 0.1) is 5.82 Å². The minimum Gasteiger partial charge on any atom is -0.370 e. The van der Waals surface area contributed by atoms with Gasteiger partial charge in [0.25, 0.3) is 0 Å². The highest BCUT2D eigenvalue weighted by atomic mass is 32.2. The highest BCUT2D eigenvalue weighted by Gasteiger charge is 2.19. The number of nitrogens with zero attached hydrogens (tertiary/aromatic N) is 5. The van der Waals surface area contributed by atoms with E-state index in [-0.39, 0.29) is 17.5 Å². The van der Waals surface area contributed by atoms with Gasteiger partial charge in [-0.05, 0) is 61.7 Å². The molecule has 0 aliphatic carbocycles. The third-order valence-electron chi connectivity index (χ3n) is 5.83. The second-order valence-electron chi connectivity index (χ2n) is 8.26. The molecule has 1 aliphatic rings. The maximum atomic E-state index is 14.0. The van der Waals surface area contributed by atoms with Gasteiger partial charge in [-0.2, -0.15) is 0 Å². The summed E-state index contributed by atoms with van der Waals surface area (Å²) >= 11 is 1.28. The Bertz CT molecular complexity index is 1290. The van der Waals surface area contributed by atoms with Crippen LogP contribution < -0.4 is 10.2 Å². The molecule has 1 N–H and O–H groups in total. The monoisotopic (exact) mass is 488 g/mol. The highest BCUT2D eigenvalue weighted by Crippen LogP contribution is 2.31. The Hall–Kier alpha value is -3.72. The molecule has 5 rings (SSSR count). The summed E-state index contributed by atoms with van der Waals surface area (Å²) in [5.74, 6) is 0.140. The van der Waals surface area contributed by atoms with Gasteiger partial charge in [0.2, 0.25) is 5.91 Å². The SMILES string of the molecule is O=C(CSc1nnc(-c2cccnc2)n1-c1ccccc1)Nc1cc(F)ccc1N1CCCCC1. The smallest absolute Gasteiger partial charge is 0.234 e. The fraction of sp³-hybridized carbons (Fsp3) is 0.231. The number of aromatic nitrogens is 4. The minimum absolute atomic E-state index is 0.105. The lowest BCUT2D eigenvalue weighted by atomic mass is 10.1. The number of benzene rings is 2. The van der Waals surface area contributed by atoms with Crippen molar-refractivity contribution in [3.05, 3.63) is 78.9 Å². The molecule has 0 unspecified atom stereocenters. The van der Waals surface area contributed by atoms with Gasteiger partial charge in [0.05, 0.1) is 17.1 Å². The number of amides is 1. The Morgan fingerprint density at radius 1 is 1.00 bits per heavy atom. The van der Waals surface area contributed by atoms with E-state index in [1.54, 1.807) is 18.5 Å². The second kappa shape index (κ2) is 10.7. The molecule has 0 saturated carbocycles. The molecule has 0 bridgehead atoms. The summed E-state index contributed by atoms with van der Waals surface area (Å²) in [6.45, 7) is 1.81. The third kappa shape index (κ3) is 5.35. The zero-order valence-electron chi connectivity index (χ0n) is 19.1.